The van der Waals surface area contributed by atoms with Crippen LogP contribution in [0.2, 0.25) is 0 Å². The summed E-state index contributed by atoms with van der Waals surface area (Å²) in [5.41, 5.74) is 0.230. The maximum atomic E-state index is 14.0. The van der Waals surface area contributed by atoms with Crippen molar-refractivity contribution in [2.75, 3.05) is 13.2 Å². The van der Waals surface area contributed by atoms with Gasteiger partial charge in [0.05, 0.1) is 13.2 Å². The van der Waals surface area contributed by atoms with Gasteiger partial charge in [0.2, 0.25) is 0 Å². The average molecular weight is 322 g/mol. The minimum absolute atomic E-state index is 0.0545. The number of benzene rings is 1. The Kier molecular flexibility index (Phi) is 6.45. The number of alkyl halides is 1. The van der Waals surface area contributed by atoms with E-state index >= 15 is 0 Å². The highest BCUT2D eigenvalue weighted by Crippen LogP contribution is 2.54. The van der Waals surface area contributed by atoms with E-state index in [-0.39, 0.29) is 24.5 Å². The van der Waals surface area contributed by atoms with Crippen molar-refractivity contribution >= 4 is 13.6 Å². The van der Waals surface area contributed by atoms with Gasteiger partial charge in [0.25, 0.3) is 5.91 Å². The zero-order valence-corrected chi connectivity index (χ0v) is 12.9. The maximum absolute atomic E-state index is 14.0. The van der Waals surface area contributed by atoms with E-state index in [4.69, 9.17) is 13.8 Å². The molecule has 1 rings (SSSR count). The van der Waals surface area contributed by atoms with Crippen molar-refractivity contribution in [2.24, 2.45) is 0 Å². The highest BCUT2D eigenvalue weighted by molar-refractivity contribution is 7.55. The molecule has 0 aromatic heterocycles. The number of rotatable bonds is 7. The van der Waals surface area contributed by atoms with Gasteiger partial charge in [0.1, 0.15) is 11.6 Å². The van der Waals surface area contributed by atoms with Gasteiger partial charge < -0.3 is 13.8 Å². The van der Waals surface area contributed by atoms with Crippen LogP contribution in [0.25, 0.3) is 0 Å². The highest BCUT2D eigenvalue weighted by atomic mass is 31.2. The van der Waals surface area contributed by atoms with E-state index in [9.17, 15) is 18.1 Å². The molecule has 0 aliphatic carbocycles. The van der Waals surface area contributed by atoms with Gasteiger partial charge in [-0.05, 0) is 44.5 Å². The molecule has 118 valence electrons. The summed E-state index contributed by atoms with van der Waals surface area (Å²) in [5.74, 6) is -4.52. The number of carbonyl (C=O) groups excluding carboxylic acids is 1. The van der Waals surface area contributed by atoms with Crippen molar-refractivity contribution in [3.8, 4) is 5.75 Å². The Morgan fingerprint density at radius 1 is 1.29 bits per heavy atom. The molecule has 0 spiro atoms. The van der Waals surface area contributed by atoms with Crippen LogP contribution >= 0.6 is 7.60 Å². The Labute approximate surface area is 121 Å². The van der Waals surface area contributed by atoms with E-state index in [1.807, 2.05) is 0 Å². The van der Waals surface area contributed by atoms with Crippen molar-refractivity contribution in [1.29, 1.82) is 0 Å². The second-order valence-electron chi connectivity index (χ2n) is 4.04. The number of carbonyl (C=O) groups is 1. The average Bonchev–Trinajstić information content (AvgIpc) is 2.42. The molecule has 1 atom stereocenters. The summed E-state index contributed by atoms with van der Waals surface area (Å²) in [6, 6.07) is 3.47. The third kappa shape index (κ3) is 4.59. The zero-order chi connectivity index (χ0) is 16.0. The predicted molar refractivity (Wildman–Crippen MR) is 72.5 cm³/mol. The van der Waals surface area contributed by atoms with Crippen molar-refractivity contribution < 1.29 is 31.9 Å². The van der Waals surface area contributed by atoms with Gasteiger partial charge >= 0.3 is 13.6 Å². The third-order valence-electron chi connectivity index (χ3n) is 2.44. The summed E-state index contributed by atoms with van der Waals surface area (Å²) < 4.78 is 53.4. The van der Waals surface area contributed by atoms with Gasteiger partial charge in [0, 0.05) is 0 Å². The van der Waals surface area contributed by atoms with Crippen LogP contribution in [0.5, 0.6) is 5.75 Å². The van der Waals surface area contributed by atoms with Crippen molar-refractivity contribution in [1.82, 2.24) is 0 Å². The van der Waals surface area contributed by atoms with Crippen LogP contribution in [0.15, 0.2) is 18.2 Å². The van der Waals surface area contributed by atoms with Crippen LogP contribution in [0.1, 0.15) is 19.4 Å². The first-order valence-corrected chi connectivity index (χ1v) is 7.96. The largest absolute Gasteiger partial charge is 0.424 e. The lowest BCUT2D eigenvalue weighted by Crippen LogP contribution is -2.24. The van der Waals surface area contributed by atoms with Gasteiger partial charge in [-0.2, -0.15) is 0 Å². The van der Waals surface area contributed by atoms with Crippen molar-refractivity contribution in [3.63, 3.8) is 0 Å². The van der Waals surface area contributed by atoms with Gasteiger partial charge in [-0.15, -0.1) is 0 Å². The fourth-order valence-corrected chi connectivity index (χ4v) is 2.87. The number of aryl methyl sites for hydroxylation is 1. The minimum Gasteiger partial charge on any atom is -0.424 e. The Morgan fingerprint density at radius 2 is 1.86 bits per heavy atom. The fraction of sp³-hybridized carbons (Fsp3) is 0.462. The van der Waals surface area contributed by atoms with Gasteiger partial charge in [-0.25, -0.2) is 13.6 Å². The smallest absolute Gasteiger partial charge is 0.376 e. The van der Waals surface area contributed by atoms with Crippen molar-refractivity contribution in [2.45, 2.75) is 26.7 Å². The molecule has 0 N–H and O–H groups in total. The molecule has 0 saturated heterocycles. The lowest BCUT2D eigenvalue weighted by molar-refractivity contribution is -0.137. The summed E-state index contributed by atoms with van der Waals surface area (Å²) >= 11 is 0. The number of ether oxygens (including phenoxy) is 1. The topological polar surface area (TPSA) is 61.8 Å². The molecule has 0 aliphatic rings. The molecule has 0 amide bonds. The van der Waals surface area contributed by atoms with Crippen LogP contribution < -0.4 is 4.74 Å². The molecule has 0 heterocycles. The second kappa shape index (κ2) is 7.64. The minimum atomic E-state index is -4.24. The monoisotopic (exact) mass is 322 g/mol. The Balaban J connectivity index is 2.85. The first-order chi connectivity index (χ1) is 9.84. The van der Waals surface area contributed by atoms with Gasteiger partial charge in [-0.3, -0.25) is 4.57 Å². The molecule has 0 fully saturated rings. The summed E-state index contributed by atoms with van der Waals surface area (Å²) in [6.45, 7) is 4.28. The molecule has 0 aliphatic heterocycles. The van der Waals surface area contributed by atoms with Crippen LogP contribution in [-0.2, 0) is 18.4 Å². The molecule has 1 aromatic rings. The van der Waals surface area contributed by atoms with Crippen LogP contribution in [0.4, 0.5) is 8.78 Å². The maximum Gasteiger partial charge on any atom is 0.376 e. The molecule has 0 radical (unpaired) electrons. The van der Waals surface area contributed by atoms with Crippen LogP contribution in [-0.4, -0.2) is 25.1 Å². The molecule has 21 heavy (non-hydrogen) atoms. The molecular weight excluding hydrogens is 305 g/mol. The quantitative estimate of drug-likeness (QED) is 0.436. The molecule has 5 nitrogen and oxygen atoms in total. The molecule has 8 heteroatoms. The second-order valence-corrected chi connectivity index (χ2v) is 6.09. The Bertz CT molecular complexity index is 539. The third-order valence-corrected chi connectivity index (χ3v) is 4.44. The summed E-state index contributed by atoms with van der Waals surface area (Å²) in [4.78, 5) is 11.7. The molecule has 1 unspecified atom stereocenters. The summed E-state index contributed by atoms with van der Waals surface area (Å²) in [7, 11) is -4.24. The number of hydrogen-bond donors (Lipinski definition) is 0. The standard InChI is InChI=1S/C13H17F2O5P/c1-4-18-21(17,19-5-2)12(15)13(16)20-10-6-7-11(14)9(3)8-10/h6-8,12H,4-5H2,1-3H3. The zero-order valence-electron chi connectivity index (χ0n) is 12.0. The van der Waals surface area contributed by atoms with E-state index in [2.05, 4.69) is 0 Å². The first-order valence-electron chi connectivity index (χ1n) is 6.34. The van der Waals surface area contributed by atoms with E-state index in [0.717, 1.165) is 6.07 Å². The number of hydrogen-bond acceptors (Lipinski definition) is 5. The Morgan fingerprint density at radius 3 is 2.33 bits per heavy atom. The number of esters is 1. The van der Waals surface area contributed by atoms with Gasteiger partial charge in [-0.1, -0.05) is 0 Å². The van der Waals surface area contributed by atoms with E-state index < -0.39 is 25.3 Å². The molecular formula is C13H17F2O5P. The Hall–Kier alpha value is -1.30. The lowest BCUT2D eigenvalue weighted by atomic mass is 10.2. The summed E-state index contributed by atoms with van der Waals surface area (Å²) in [6.07, 6.45) is 0. The van der Waals surface area contributed by atoms with E-state index in [1.54, 1.807) is 0 Å². The predicted octanol–water partition coefficient (Wildman–Crippen LogP) is 3.60. The number of halogens is 2. The van der Waals surface area contributed by atoms with Crippen LogP contribution in [0.3, 0.4) is 0 Å². The molecule has 0 saturated carbocycles. The fourth-order valence-electron chi connectivity index (χ4n) is 1.50. The van der Waals surface area contributed by atoms with E-state index in [0.29, 0.717) is 0 Å². The summed E-state index contributed by atoms with van der Waals surface area (Å²) in [5, 5.41) is 0. The van der Waals surface area contributed by atoms with E-state index in [1.165, 1.54) is 32.9 Å². The van der Waals surface area contributed by atoms with Crippen LogP contribution in [0, 0.1) is 12.7 Å². The van der Waals surface area contributed by atoms with Gasteiger partial charge in [0.15, 0.2) is 0 Å². The first kappa shape index (κ1) is 17.8. The SMILES string of the molecule is CCOP(=O)(OCC)C(F)C(=O)Oc1ccc(F)c(C)c1. The normalized spacial score (nSPS) is 13.0. The molecule has 1 aromatic carbocycles. The lowest BCUT2D eigenvalue weighted by Gasteiger charge is -2.19. The van der Waals surface area contributed by atoms with Crippen molar-refractivity contribution in [3.05, 3.63) is 29.6 Å². The molecule has 0 bridgehead atoms. The highest BCUT2D eigenvalue weighted by Gasteiger charge is 2.43.